The molecule has 0 saturated carbocycles. The summed E-state index contributed by atoms with van der Waals surface area (Å²) in [6, 6.07) is 18.5. The van der Waals surface area contributed by atoms with Crippen LogP contribution in [0.15, 0.2) is 86.6 Å². The van der Waals surface area contributed by atoms with Crippen LogP contribution in [-0.4, -0.2) is 75.0 Å². The fourth-order valence-electron chi connectivity index (χ4n) is 5.11. The van der Waals surface area contributed by atoms with Gasteiger partial charge in [0.25, 0.3) is 0 Å². The second-order valence-electron chi connectivity index (χ2n) is 10.1. The molecule has 4 aromatic rings. The molecule has 8 nitrogen and oxygen atoms in total. The van der Waals surface area contributed by atoms with Gasteiger partial charge in [-0.3, -0.25) is 0 Å². The molecule has 0 saturated heterocycles. The molecule has 0 radical (unpaired) electrons. The van der Waals surface area contributed by atoms with Crippen LogP contribution < -0.4 is 10.5 Å². The third-order valence-electron chi connectivity index (χ3n) is 7.20. The average molecular weight is 562 g/mol. The van der Waals surface area contributed by atoms with Crippen molar-refractivity contribution < 1.29 is 9.26 Å². The number of allylic oxidation sites excluding steroid dienone is 1. The minimum absolute atomic E-state index is 0.201. The van der Waals surface area contributed by atoms with Crippen molar-refractivity contribution >= 4 is 54.8 Å². The first-order valence-electron chi connectivity index (χ1n) is 13.8. The number of nitrogens with one attached hydrogen (secondary N) is 1. The Hall–Kier alpha value is -2.82. The van der Waals surface area contributed by atoms with Crippen LogP contribution in [0.25, 0.3) is 22.5 Å². The van der Waals surface area contributed by atoms with E-state index in [-0.39, 0.29) is 0.136 Å². The second-order valence-corrected chi connectivity index (χ2v) is 11.8. The molecule has 200 valence electrons. The molecule has 2 aromatic heterocycles. The molecule has 3 heterocycles. The van der Waals surface area contributed by atoms with Gasteiger partial charge in [0.2, 0.25) is 0 Å². The normalized spacial score (nSPS) is 15.4. The van der Waals surface area contributed by atoms with Crippen molar-refractivity contribution in [2.75, 3.05) is 0 Å². The van der Waals surface area contributed by atoms with Crippen molar-refractivity contribution in [3.8, 4) is 28.3 Å². The standard InChI is InChI=1S/C31H32N5O3.K/c1-5-9-29-33-26(6-2)28(38-27-17-32-21(4)16-20(27)3)19-36(29)18-22-12-14-23(15-13-22)24-10-7-8-11-25(24)30-34-31(37)39-35-30;/h7-8,10-17,19H,5-6,9,18H2,1-4H3,(H,34,35,37);. The third kappa shape index (κ3) is 6.24. The number of ether oxygens (including phenoxy) is 1. The Labute approximate surface area is 268 Å². The van der Waals surface area contributed by atoms with E-state index in [0.29, 0.717) is 54.8 Å². The van der Waals surface area contributed by atoms with E-state index in [4.69, 9.17) is 14.3 Å². The van der Waals surface area contributed by atoms with Gasteiger partial charge in [0.15, 0.2) is 0 Å². The van der Waals surface area contributed by atoms with E-state index in [1.54, 1.807) is 0 Å². The van der Waals surface area contributed by atoms with Crippen LogP contribution >= 0.6 is 0 Å². The van der Waals surface area contributed by atoms with Crippen molar-refractivity contribution in [1.82, 2.24) is 20.0 Å². The molecule has 40 heavy (non-hydrogen) atoms. The zero-order valence-electron chi connectivity index (χ0n) is 23.7. The Kier molecular flexibility index (Phi) is 9.17. The van der Waals surface area contributed by atoms with Crippen molar-refractivity contribution in [1.29, 1.82) is 0 Å². The summed E-state index contributed by atoms with van der Waals surface area (Å²) in [5, 5.41) is 3.88. The van der Waals surface area contributed by atoms with Crippen molar-refractivity contribution in [3.63, 3.8) is 0 Å². The van der Waals surface area contributed by atoms with Crippen LogP contribution in [0.2, 0.25) is 0 Å². The van der Waals surface area contributed by atoms with Crippen molar-refractivity contribution in [2.45, 2.75) is 53.6 Å². The van der Waals surface area contributed by atoms with Gasteiger partial charge in [-0.2, -0.15) is 0 Å². The Morgan fingerprint density at radius 3 is 2.48 bits per heavy atom. The summed E-state index contributed by atoms with van der Waals surface area (Å²) in [5.41, 5.74) is 7.12. The molecule has 5 rings (SSSR count). The number of pyridine rings is 1. The van der Waals surface area contributed by atoms with Gasteiger partial charge >= 0.3 is 266 Å². The predicted molar refractivity (Wildman–Crippen MR) is 157 cm³/mol. The number of H-pyrrole nitrogens is 1. The number of aryl methyl sites for hydroxylation is 2. The van der Waals surface area contributed by atoms with E-state index in [2.05, 4.69) is 71.1 Å². The van der Waals surface area contributed by atoms with Crippen molar-refractivity contribution in [3.05, 3.63) is 99.6 Å². The van der Waals surface area contributed by atoms with Crippen LogP contribution in [0.4, 0.5) is 0 Å². The first-order valence-corrected chi connectivity index (χ1v) is 15.6. The molecular formula is C31H32KN5O3. The summed E-state index contributed by atoms with van der Waals surface area (Å²) in [7, 11) is 0. The monoisotopic (exact) mass is 561 g/mol. The number of aliphatic imine (C=N–C) groups is 1. The SMILES string of the molecule is CCCC1=NC(CC)=C(Oc2cnc(C)cc2C)[CH]([K])N1Cc1ccc(-c2ccccc2-c2noc(=O)[nH]2)cc1. The zero-order chi connectivity index (χ0) is 28.2. The fourth-order valence-corrected chi connectivity index (χ4v) is 6.57. The molecule has 0 amide bonds. The van der Waals surface area contributed by atoms with Gasteiger partial charge in [0.05, 0.1) is 0 Å². The number of benzene rings is 2. The van der Waals surface area contributed by atoms with Gasteiger partial charge in [0, 0.05) is 0 Å². The number of aromatic amines is 1. The van der Waals surface area contributed by atoms with Gasteiger partial charge in [-0.05, 0) is 0 Å². The first-order chi connectivity index (χ1) is 19.4. The van der Waals surface area contributed by atoms with Crippen molar-refractivity contribution in [2.24, 2.45) is 4.99 Å². The summed E-state index contributed by atoms with van der Waals surface area (Å²) in [6.45, 7) is 9.15. The molecule has 1 N–H and O–H groups in total. The van der Waals surface area contributed by atoms with E-state index >= 15 is 0 Å². The molecule has 1 aliphatic heterocycles. The maximum atomic E-state index is 11.5. The number of rotatable bonds is 9. The van der Waals surface area contributed by atoms with Crippen LogP contribution in [0.5, 0.6) is 5.75 Å². The minimum atomic E-state index is -0.567. The van der Waals surface area contributed by atoms with Gasteiger partial charge < -0.3 is 0 Å². The quantitative estimate of drug-likeness (QED) is 0.255. The predicted octanol–water partition coefficient (Wildman–Crippen LogP) is 5.92. The Bertz CT molecular complexity index is 1620. The average Bonchev–Trinajstić information content (AvgIpc) is 3.39. The van der Waals surface area contributed by atoms with Gasteiger partial charge in [-0.1, -0.05) is 0 Å². The first kappa shape index (κ1) is 28.7. The Morgan fingerprint density at radius 1 is 1.07 bits per heavy atom. The molecule has 0 bridgehead atoms. The molecular weight excluding hydrogens is 529 g/mol. The van der Waals surface area contributed by atoms with E-state index in [1.165, 1.54) is 5.56 Å². The molecule has 0 spiro atoms. The Balaban J connectivity index is 1.42. The summed E-state index contributed by atoms with van der Waals surface area (Å²) >= 11 is 0.428. The molecule has 0 aliphatic carbocycles. The number of aromatic nitrogens is 3. The summed E-state index contributed by atoms with van der Waals surface area (Å²) < 4.78 is 11.5. The number of nitrogens with zero attached hydrogens (tertiary/aromatic N) is 4. The van der Waals surface area contributed by atoms with Crippen LogP contribution in [0.1, 0.15) is 49.9 Å². The van der Waals surface area contributed by atoms with Gasteiger partial charge in [-0.15, -0.1) is 0 Å². The molecule has 1 atom stereocenters. The second kappa shape index (κ2) is 12.8. The third-order valence-corrected chi connectivity index (χ3v) is 8.99. The summed E-state index contributed by atoms with van der Waals surface area (Å²) in [6.07, 6.45) is 4.61. The maximum absolute atomic E-state index is 11.5. The number of hydrogen-bond donors (Lipinski definition) is 1. The molecule has 1 unspecified atom stereocenters. The van der Waals surface area contributed by atoms with E-state index in [9.17, 15) is 4.79 Å². The van der Waals surface area contributed by atoms with Gasteiger partial charge in [0.1, 0.15) is 0 Å². The topological polar surface area (TPSA) is 96.6 Å². The number of hydrogen-bond acceptors (Lipinski definition) is 7. The summed E-state index contributed by atoms with van der Waals surface area (Å²) in [5.74, 6) is 2.74. The zero-order valence-corrected chi connectivity index (χ0v) is 26.8. The van der Waals surface area contributed by atoms with E-state index in [0.717, 1.165) is 76.8 Å². The van der Waals surface area contributed by atoms with E-state index in [1.807, 2.05) is 37.4 Å². The Morgan fingerprint density at radius 2 is 1.82 bits per heavy atom. The molecule has 9 heteroatoms. The molecule has 2 aromatic carbocycles. The molecule has 0 fully saturated rings. The summed E-state index contributed by atoms with van der Waals surface area (Å²) in [4.78, 5) is 26.2. The van der Waals surface area contributed by atoms with Crippen LogP contribution in [0.3, 0.4) is 0 Å². The van der Waals surface area contributed by atoms with Gasteiger partial charge in [-0.25, -0.2) is 4.79 Å². The van der Waals surface area contributed by atoms with Crippen LogP contribution in [0, 0.1) is 13.8 Å². The van der Waals surface area contributed by atoms with Crippen LogP contribution in [-0.2, 0) is 6.54 Å². The van der Waals surface area contributed by atoms with E-state index < -0.39 is 5.76 Å². The number of amidine groups is 1. The molecule has 1 aliphatic rings. The fraction of sp³-hybridized carbons (Fsp3) is 0.290.